The first kappa shape index (κ1) is 17.3. The van der Waals surface area contributed by atoms with Gasteiger partial charge in [-0.25, -0.2) is 4.99 Å². The molecule has 0 bridgehead atoms. The zero-order valence-electron chi connectivity index (χ0n) is 16.4. The highest BCUT2D eigenvalue weighted by Gasteiger charge is 2.23. The van der Waals surface area contributed by atoms with Crippen LogP contribution in [-0.2, 0) is 0 Å². The fraction of sp³-hybridized carbons (Fsp3) is 0.217. The SMILES string of the molecule is CC(C)=Nc1oc2c(-[n+]3ccn(-c4ccccc4)c3C)c(C)ccc2c1C. The number of hydrogen-bond acceptors (Lipinski definition) is 2. The van der Waals surface area contributed by atoms with E-state index in [1.807, 2.05) is 19.9 Å². The maximum atomic E-state index is 6.23. The quantitative estimate of drug-likeness (QED) is 0.350. The summed E-state index contributed by atoms with van der Waals surface area (Å²) in [6.45, 7) is 10.3. The molecule has 0 aliphatic rings. The molecular formula is C23H24N3O+. The lowest BCUT2D eigenvalue weighted by Gasteiger charge is -2.05. The molecule has 0 spiro atoms. The monoisotopic (exact) mass is 358 g/mol. The van der Waals surface area contributed by atoms with Gasteiger partial charge in [0, 0.05) is 29.1 Å². The number of rotatable bonds is 3. The van der Waals surface area contributed by atoms with E-state index in [2.05, 4.69) is 83.7 Å². The minimum atomic E-state index is 0.692. The first-order chi connectivity index (χ1) is 13.0. The molecule has 2 aromatic carbocycles. The Labute approximate surface area is 159 Å². The standard InChI is InChI=1S/C23H24N3O/c1-15(2)24-23-17(4)20-12-11-16(3)21(22(20)27-23)26-14-13-25(18(26)5)19-9-7-6-8-10-19/h6-14H,1-5H3/q+1. The van der Waals surface area contributed by atoms with Crippen LogP contribution in [0.5, 0.6) is 0 Å². The van der Waals surface area contributed by atoms with Gasteiger partial charge in [-0.1, -0.05) is 30.3 Å². The predicted octanol–water partition coefficient (Wildman–Crippen LogP) is 5.54. The van der Waals surface area contributed by atoms with Crippen LogP contribution < -0.4 is 4.57 Å². The largest absolute Gasteiger partial charge is 0.434 e. The van der Waals surface area contributed by atoms with Gasteiger partial charge in [-0.15, -0.1) is 0 Å². The van der Waals surface area contributed by atoms with Crippen molar-refractivity contribution < 1.29 is 8.98 Å². The lowest BCUT2D eigenvalue weighted by atomic mass is 10.1. The summed E-state index contributed by atoms with van der Waals surface area (Å²) in [4.78, 5) is 4.57. The summed E-state index contributed by atoms with van der Waals surface area (Å²) in [7, 11) is 0. The van der Waals surface area contributed by atoms with Crippen LogP contribution in [0, 0.1) is 20.8 Å². The van der Waals surface area contributed by atoms with Gasteiger partial charge in [-0.2, -0.15) is 9.13 Å². The Bertz CT molecular complexity index is 1160. The van der Waals surface area contributed by atoms with Crippen LogP contribution in [0.4, 0.5) is 5.88 Å². The summed E-state index contributed by atoms with van der Waals surface area (Å²) < 4.78 is 10.6. The predicted molar refractivity (Wildman–Crippen MR) is 110 cm³/mol. The van der Waals surface area contributed by atoms with Crippen molar-refractivity contribution in [3.8, 4) is 11.4 Å². The Morgan fingerprint density at radius 1 is 1.00 bits per heavy atom. The third-order valence-electron chi connectivity index (χ3n) is 4.92. The Hall–Kier alpha value is -3.14. The molecule has 0 aliphatic carbocycles. The molecule has 4 heteroatoms. The molecule has 0 radical (unpaired) electrons. The third kappa shape index (κ3) is 2.87. The molecule has 2 heterocycles. The van der Waals surface area contributed by atoms with E-state index in [1.165, 1.54) is 5.56 Å². The van der Waals surface area contributed by atoms with Crippen LogP contribution in [0.1, 0.15) is 30.8 Å². The molecule has 4 nitrogen and oxygen atoms in total. The van der Waals surface area contributed by atoms with E-state index in [-0.39, 0.29) is 0 Å². The molecule has 0 saturated carbocycles. The van der Waals surface area contributed by atoms with E-state index < -0.39 is 0 Å². The maximum Gasteiger partial charge on any atom is 0.263 e. The fourth-order valence-corrected chi connectivity index (χ4v) is 3.53. The second-order valence-electron chi connectivity index (χ2n) is 7.12. The first-order valence-corrected chi connectivity index (χ1v) is 9.17. The van der Waals surface area contributed by atoms with Gasteiger partial charge in [0.25, 0.3) is 5.82 Å². The van der Waals surface area contributed by atoms with E-state index in [0.29, 0.717) is 5.88 Å². The molecule has 4 rings (SSSR count). The maximum absolute atomic E-state index is 6.23. The van der Waals surface area contributed by atoms with Crippen molar-refractivity contribution in [3.63, 3.8) is 0 Å². The summed E-state index contributed by atoms with van der Waals surface area (Å²) in [6, 6.07) is 14.6. The average molecular weight is 358 g/mol. The Morgan fingerprint density at radius 2 is 1.74 bits per heavy atom. The highest BCUT2D eigenvalue weighted by Crippen LogP contribution is 2.35. The highest BCUT2D eigenvalue weighted by atomic mass is 16.3. The molecule has 0 unspecified atom stereocenters. The highest BCUT2D eigenvalue weighted by molar-refractivity contribution is 5.92. The lowest BCUT2D eigenvalue weighted by Crippen LogP contribution is -2.33. The van der Waals surface area contributed by atoms with Crippen molar-refractivity contribution >= 4 is 22.6 Å². The number of imidazole rings is 1. The van der Waals surface area contributed by atoms with Crippen LogP contribution >= 0.6 is 0 Å². The van der Waals surface area contributed by atoms with Crippen molar-refractivity contribution in [2.75, 3.05) is 0 Å². The van der Waals surface area contributed by atoms with Crippen LogP contribution in [0.15, 0.2) is 64.3 Å². The Morgan fingerprint density at radius 3 is 2.44 bits per heavy atom. The molecule has 0 aliphatic heterocycles. The van der Waals surface area contributed by atoms with Gasteiger partial charge in [0.15, 0.2) is 11.3 Å². The average Bonchev–Trinajstić information content (AvgIpc) is 3.16. The fourth-order valence-electron chi connectivity index (χ4n) is 3.53. The summed E-state index contributed by atoms with van der Waals surface area (Å²) in [5.41, 5.74) is 6.31. The number of hydrogen-bond donors (Lipinski definition) is 0. The van der Waals surface area contributed by atoms with Gasteiger partial charge in [-0.05, 0) is 39.8 Å². The number of furan rings is 1. The number of nitrogens with zero attached hydrogens (tertiary/aromatic N) is 3. The van der Waals surface area contributed by atoms with Gasteiger partial charge in [0.2, 0.25) is 5.88 Å². The van der Waals surface area contributed by atoms with Crippen molar-refractivity contribution in [2.24, 2.45) is 4.99 Å². The molecule has 0 amide bonds. The Kier molecular flexibility index (Phi) is 4.19. The molecular weight excluding hydrogens is 334 g/mol. The lowest BCUT2D eigenvalue weighted by molar-refractivity contribution is -0.601. The molecule has 2 aromatic heterocycles. The molecule has 0 N–H and O–H groups in total. The number of aryl methyl sites for hydroxylation is 2. The first-order valence-electron chi connectivity index (χ1n) is 9.17. The smallest absolute Gasteiger partial charge is 0.263 e. The summed E-state index contributed by atoms with van der Waals surface area (Å²) in [5, 5.41) is 1.11. The van der Waals surface area contributed by atoms with Crippen molar-refractivity contribution in [1.29, 1.82) is 0 Å². The van der Waals surface area contributed by atoms with E-state index in [4.69, 9.17) is 4.42 Å². The van der Waals surface area contributed by atoms with Gasteiger partial charge in [0.1, 0.15) is 18.1 Å². The molecule has 27 heavy (non-hydrogen) atoms. The van der Waals surface area contributed by atoms with Gasteiger partial charge in [-0.3, -0.25) is 0 Å². The normalized spacial score (nSPS) is 11.1. The molecule has 0 atom stereocenters. The molecule has 0 fully saturated rings. The number of benzene rings is 2. The number of aliphatic imine (C=N–C) groups is 1. The molecule has 4 aromatic rings. The van der Waals surface area contributed by atoms with Crippen LogP contribution in [0.2, 0.25) is 0 Å². The van der Waals surface area contributed by atoms with E-state index in [0.717, 1.165) is 39.4 Å². The molecule has 0 saturated heterocycles. The second kappa shape index (κ2) is 6.54. The third-order valence-corrected chi connectivity index (χ3v) is 4.92. The number of para-hydroxylation sites is 1. The number of fused-ring (bicyclic) bond motifs is 1. The summed E-state index contributed by atoms with van der Waals surface area (Å²) in [5.74, 6) is 1.81. The molecule has 136 valence electrons. The van der Waals surface area contributed by atoms with Crippen molar-refractivity contribution in [1.82, 2.24) is 4.57 Å². The van der Waals surface area contributed by atoms with E-state index >= 15 is 0 Å². The van der Waals surface area contributed by atoms with Gasteiger partial charge >= 0.3 is 0 Å². The van der Waals surface area contributed by atoms with Gasteiger partial charge < -0.3 is 4.42 Å². The minimum Gasteiger partial charge on any atom is -0.434 e. The van der Waals surface area contributed by atoms with Crippen molar-refractivity contribution in [2.45, 2.75) is 34.6 Å². The number of aromatic nitrogens is 2. The zero-order chi connectivity index (χ0) is 19.1. The van der Waals surface area contributed by atoms with Gasteiger partial charge in [0.05, 0.1) is 0 Å². The summed E-state index contributed by atoms with van der Waals surface area (Å²) >= 11 is 0. The van der Waals surface area contributed by atoms with E-state index in [1.54, 1.807) is 0 Å². The minimum absolute atomic E-state index is 0.692. The summed E-state index contributed by atoms with van der Waals surface area (Å²) in [6.07, 6.45) is 4.18. The Balaban J connectivity index is 1.96. The second-order valence-corrected chi connectivity index (χ2v) is 7.12. The topological polar surface area (TPSA) is 34.3 Å². The van der Waals surface area contributed by atoms with Crippen molar-refractivity contribution in [3.05, 3.63) is 71.8 Å². The van der Waals surface area contributed by atoms with E-state index in [9.17, 15) is 0 Å². The zero-order valence-corrected chi connectivity index (χ0v) is 16.4. The van der Waals surface area contributed by atoms with Crippen LogP contribution in [-0.4, -0.2) is 10.3 Å². The van der Waals surface area contributed by atoms with Crippen LogP contribution in [0.25, 0.3) is 22.3 Å². The van der Waals surface area contributed by atoms with Crippen LogP contribution in [0.3, 0.4) is 0 Å².